The Morgan fingerprint density at radius 1 is 1.39 bits per heavy atom. The fraction of sp³-hybridized carbons (Fsp3) is 0.182. The molecule has 0 aliphatic heterocycles. The maximum Gasteiger partial charge on any atom is 0.331 e. The molecule has 0 atom stereocenters. The molecule has 0 aliphatic carbocycles. The van der Waals surface area contributed by atoms with Gasteiger partial charge in [0.25, 0.3) is 5.91 Å². The first-order chi connectivity index (χ1) is 8.58. The minimum Gasteiger partial charge on any atom is -0.452 e. The average Bonchev–Trinajstić information content (AvgIpc) is 2.84. The fourth-order valence-electron chi connectivity index (χ4n) is 0.915. The maximum absolute atomic E-state index is 11.2. The first-order valence-corrected chi connectivity index (χ1v) is 5.89. The number of esters is 1. The molecule has 18 heavy (non-hydrogen) atoms. The number of carbonyl (C=O) groups excluding carboxylic acids is 3. The summed E-state index contributed by atoms with van der Waals surface area (Å²) in [5.74, 6) is -1.64. The maximum atomic E-state index is 11.2. The Kier molecular flexibility index (Phi) is 5.59. The van der Waals surface area contributed by atoms with E-state index in [0.29, 0.717) is 0 Å². The number of nitrogens with one attached hydrogen (secondary N) is 2. The molecular formula is C11H12N2O4S. The molecule has 1 aromatic heterocycles. The van der Waals surface area contributed by atoms with E-state index in [2.05, 4.69) is 15.6 Å². The summed E-state index contributed by atoms with van der Waals surface area (Å²) >= 11 is 1.48. The Labute approximate surface area is 108 Å². The molecule has 1 heterocycles. The topological polar surface area (TPSA) is 84.5 Å². The summed E-state index contributed by atoms with van der Waals surface area (Å²) < 4.78 is 4.65. The minimum absolute atomic E-state index is 0.410. The molecule has 0 fully saturated rings. The van der Waals surface area contributed by atoms with Crippen LogP contribution in [-0.4, -0.2) is 24.4 Å². The lowest BCUT2D eigenvalue weighted by Gasteiger charge is -2.04. The van der Waals surface area contributed by atoms with Crippen molar-refractivity contribution in [1.29, 1.82) is 0 Å². The number of ether oxygens (including phenoxy) is 1. The molecule has 0 spiro atoms. The molecule has 7 heteroatoms. The van der Waals surface area contributed by atoms with Gasteiger partial charge in [0, 0.05) is 17.9 Å². The molecule has 2 amide bonds. The quantitative estimate of drug-likeness (QED) is 0.472. The number of hydrazine groups is 1. The van der Waals surface area contributed by atoms with Crippen molar-refractivity contribution in [3.63, 3.8) is 0 Å². The monoisotopic (exact) mass is 268 g/mol. The van der Waals surface area contributed by atoms with Gasteiger partial charge in [0.15, 0.2) is 6.61 Å². The molecule has 0 saturated heterocycles. The molecule has 0 bridgehead atoms. The molecule has 0 aromatic carbocycles. The summed E-state index contributed by atoms with van der Waals surface area (Å²) in [6.45, 7) is 0.796. The van der Waals surface area contributed by atoms with Crippen molar-refractivity contribution < 1.29 is 19.1 Å². The van der Waals surface area contributed by atoms with E-state index in [0.717, 1.165) is 4.88 Å². The molecule has 1 aromatic rings. The van der Waals surface area contributed by atoms with E-state index in [9.17, 15) is 14.4 Å². The summed E-state index contributed by atoms with van der Waals surface area (Å²) in [6.07, 6.45) is 2.83. The van der Waals surface area contributed by atoms with Gasteiger partial charge in [0.05, 0.1) is 0 Å². The predicted octanol–water partition coefficient (Wildman–Crippen LogP) is 0.472. The highest BCUT2D eigenvalue weighted by Crippen LogP contribution is 2.09. The van der Waals surface area contributed by atoms with Crippen LogP contribution >= 0.6 is 11.3 Å². The third-order valence-corrected chi connectivity index (χ3v) is 2.49. The zero-order chi connectivity index (χ0) is 13.4. The Balaban J connectivity index is 2.24. The smallest absolute Gasteiger partial charge is 0.331 e. The Hall–Kier alpha value is -2.15. The number of hydrogen-bond acceptors (Lipinski definition) is 5. The highest BCUT2D eigenvalue weighted by Gasteiger charge is 2.04. The molecule has 0 unspecified atom stereocenters. The van der Waals surface area contributed by atoms with Crippen LogP contribution in [0.15, 0.2) is 23.6 Å². The second-order valence-corrected chi connectivity index (χ2v) is 4.17. The second kappa shape index (κ2) is 7.23. The summed E-state index contributed by atoms with van der Waals surface area (Å²) in [7, 11) is 0. The van der Waals surface area contributed by atoms with Crippen LogP contribution in [0.4, 0.5) is 0 Å². The van der Waals surface area contributed by atoms with E-state index in [4.69, 9.17) is 0 Å². The van der Waals surface area contributed by atoms with Crippen LogP contribution in [0.25, 0.3) is 6.08 Å². The molecule has 0 radical (unpaired) electrons. The van der Waals surface area contributed by atoms with Gasteiger partial charge in [0.1, 0.15) is 0 Å². The third-order valence-electron chi connectivity index (χ3n) is 1.65. The van der Waals surface area contributed by atoms with Crippen LogP contribution in [-0.2, 0) is 19.1 Å². The van der Waals surface area contributed by atoms with E-state index in [1.54, 1.807) is 6.08 Å². The first-order valence-electron chi connectivity index (χ1n) is 5.01. The van der Waals surface area contributed by atoms with Crippen molar-refractivity contribution in [2.75, 3.05) is 6.61 Å². The standard InChI is InChI=1S/C11H12N2O4S/c1-8(14)12-13-10(15)7-17-11(16)5-4-9-3-2-6-18-9/h2-6H,7H2,1H3,(H,12,14)(H,13,15)/b5-4+. The Bertz CT molecular complexity index is 454. The molecule has 2 N–H and O–H groups in total. The van der Waals surface area contributed by atoms with Gasteiger partial charge < -0.3 is 4.74 Å². The Morgan fingerprint density at radius 3 is 2.78 bits per heavy atom. The minimum atomic E-state index is -0.624. The molecule has 0 aliphatic rings. The van der Waals surface area contributed by atoms with Crippen molar-refractivity contribution in [2.45, 2.75) is 6.92 Å². The Morgan fingerprint density at radius 2 is 2.17 bits per heavy atom. The summed E-state index contributed by atoms with van der Waals surface area (Å²) in [5.41, 5.74) is 4.15. The van der Waals surface area contributed by atoms with Gasteiger partial charge >= 0.3 is 5.97 Å². The van der Waals surface area contributed by atoms with Crippen LogP contribution in [0.2, 0.25) is 0 Å². The van der Waals surface area contributed by atoms with Crippen LogP contribution in [0.3, 0.4) is 0 Å². The van der Waals surface area contributed by atoms with E-state index in [-0.39, 0.29) is 0 Å². The average molecular weight is 268 g/mol. The van der Waals surface area contributed by atoms with Gasteiger partial charge in [-0.2, -0.15) is 0 Å². The van der Waals surface area contributed by atoms with Crippen LogP contribution < -0.4 is 10.9 Å². The van der Waals surface area contributed by atoms with Gasteiger partial charge in [-0.3, -0.25) is 20.4 Å². The molecule has 6 nitrogen and oxygen atoms in total. The van der Waals surface area contributed by atoms with Crippen molar-refractivity contribution in [2.24, 2.45) is 0 Å². The van der Waals surface area contributed by atoms with Crippen molar-refractivity contribution >= 4 is 35.2 Å². The molecule has 96 valence electrons. The number of hydrogen-bond donors (Lipinski definition) is 2. The number of thiophene rings is 1. The summed E-state index contributed by atoms with van der Waals surface area (Å²) in [4.78, 5) is 33.7. The number of amides is 2. The lowest BCUT2D eigenvalue weighted by molar-refractivity contribution is -0.144. The zero-order valence-corrected chi connectivity index (χ0v) is 10.5. The third kappa shape index (κ3) is 5.80. The van der Waals surface area contributed by atoms with Crippen LogP contribution in [0.1, 0.15) is 11.8 Å². The van der Waals surface area contributed by atoms with E-state index < -0.39 is 24.4 Å². The lowest BCUT2D eigenvalue weighted by Crippen LogP contribution is -2.42. The van der Waals surface area contributed by atoms with Crippen LogP contribution in [0.5, 0.6) is 0 Å². The van der Waals surface area contributed by atoms with E-state index >= 15 is 0 Å². The zero-order valence-electron chi connectivity index (χ0n) is 9.64. The predicted molar refractivity (Wildman–Crippen MR) is 66.3 cm³/mol. The molecule has 0 saturated carbocycles. The highest BCUT2D eigenvalue weighted by atomic mass is 32.1. The van der Waals surface area contributed by atoms with Crippen molar-refractivity contribution in [3.05, 3.63) is 28.5 Å². The first kappa shape index (κ1) is 13.9. The summed E-state index contributed by atoms with van der Waals surface area (Å²) in [5, 5.41) is 1.88. The normalized spacial score (nSPS) is 10.1. The lowest BCUT2D eigenvalue weighted by atomic mass is 10.4. The van der Waals surface area contributed by atoms with Gasteiger partial charge in [-0.1, -0.05) is 6.07 Å². The van der Waals surface area contributed by atoms with Gasteiger partial charge in [-0.15, -0.1) is 11.3 Å². The second-order valence-electron chi connectivity index (χ2n) is 3.19. The van der Waals surface area contributed by atoms with E-state index in [1.165, 1.54) is 24.3 Å². The summed E-state index contributed by atoms with van der Waals surface area (Å²) in [6, 6.07) is 3.70. The van der Waals surface area contributed by atoms with Gasteiger partial charge in [-0.05, 0) is 17.5 Å². The van der Waals surface area contributed by atoms with Crippen molar-refractivity contribution in [3.8, 4) is 0 Å². The van der Waals surface area contributed by atoms with Crippen molar-refractivity contribution in [1.82, 2.24) is 10.9 Å². The van der Waals surface area contributed by atoms with Crippen LogP contribution in [0, 0.1) is 0 Å². The van der Waals surface area contributed by atoms with E-state index in [1.807, 2.05) is 17.5 Å². The molecule has 1 rings (SSSR count). The number of rotatable bonds is 4. The number of carbonyl (C=O) groups is 3. The van der Waals surface area contributed by atoms with Gasteiger partial charge in [0.2, 0.25) is 5.91 Å². The van der Waals surface area contributed by atoms with Gasteiger partial charge in [-0.25, -0.2) is 4.79 Å². The largest absolute Gasteiger partial charge is 0.452 e. The molecular weight excluding hydrogens is 256 g/mol. The highest BCUT2D eigenvalue weighted by molar-refractivity contribution is 7.10. The SMILES string of the molecule is CC(=O)NNC(=O)COC(=O)/C=C/c1cccs1. The fourth-order valence-corrected chi connectivity index (χ4v) is 1.53.